The van der Waals surface area contributed by atoms with Gasteiger partial charge in [0.25, 0.3) is 0 Å². The minimum Gasteiger partial charge on any atom is -0.481 e. The van der Waals surface area contributed by atoms with Gasteiger partial charge >= 0.3 is 5.97 Å². The number of nitrogens with one attached hydrogen (secondary N) is 1. The van der Waals surface area contributed by atoms with Gasteiger partial charge < -0.3 is 10.4 Å². The van der Waals surface area contributed by atoms with Crippen molar-refractivity contribution in [2.24, 2.45) is 29.1 Å². The number of carbonyl (C=O) groups excluding carboxylic acids is 1. The first-order valence-electron chi connectivity index (χ1n) is 6.46. The molecule has 0 heterocycles. The van der Waals surface area contributed by atoms with Gasteiger partial charge in [-0.2, -0.15) is 5.26 Å². The van der Waals surface area contributed by atoms with E-state index >= 15 is 0 Å². The summed E-state index contributed by atoms with van der Waals surface area (Å²) in [6.45, 7) is 3.72. The van der Waals surface area contributed by atoms with Crippen molar-refractivity contribution < 1.29 is 14.7 Å². The Morgan fingerprint density at radius 2 is 1.95 bits per heavy atom. The molecule has 2 bridgehead atoms. The van der Waals surface area contributed by atoms with Gasteiger partial charge in [-0.15, -0.1) is 0 Å². The molecular weight excluding hydrogens is 244 g/mol. The standard InChI is InChI=1S/C14H18N2O3/c1-14(2,6-15)7-16-12(17)10-8-3-4-9(5-8)11(10)13(18)19/h3-4,8-11H,5,7H2,1-2H3,(H,16,17)(H,18,19). The summed E-state index contributed by atoms with van der Waals surface area (Å²) in [6, 6.07) is 2.11. The number of hydrogen-bond donors (Lipinski definition) is 2. The summed E-state index contributed by atoms with van der Waals surface area (Å²) in [5.74, 6) is -2.27. The SMILES string of the molecule is CC(C)(C#N)CNC(=O)C1C2C=CC(C2)C1C(=O)O. The minimum absolute atomic E-state index is 0.0243. The molecule has 0 radical (unpaired) electrons. The third-order valence-electron chi connectivity index (χ3n) is 4.05. The fourth-order valence-electron chi connectivity index (χ4n) is 2.98. The van der Waals surface area contributed by atoms with Crippen molar-refractivity contribution in [1.29, 1.82) is 5.26 Å². The van der Waals surface area contributed by atoms with Crippen LogP contribution in [0.25, 0.3) is 0 Å². The topological polar surface area (TPSA) is 90.2 Å². The molecule has 1 saturated carbocycles. The number of allylic oxidation sites excluding steroid dienone is 2. The first-order valence-corrected chi connectivity index (χ1v) is 6.46. The predicted octanol–water partition coefficient (Wildman–Crippen LogP) is 1.18. The second kappa shape index (κ2) is 4.69. The van der Waals surface area contributed by atoms with Crippen LogP contribution < -0.4 is 5.32 Å². The number of amides is 1. The van der Waals surface area contributed by atoms with Crippen molar-refractivity contribution in [3.05, 3.63) is 12.2 Å². The van der Waals surface area contributed by atoms with Crippen molar-refractivity contribution in [3.63, 3.8) is 0 Å². The van der Waals surface area contributed by atoms with Crippen molar-refractivity contribution in [3.8, 4) is 6.07 Å². The van der Waals surface area contributed by atoms with Crippen LogP contribution in [0.4, 0.5) is 0 Å². The van der Waals surface area contributed by atoms with Gasteiger partial charge in [-0.1, -0.05) is 12.2 Å². The molecule has 0 saturated heterocycles. The van der Waals surface area contributed by atoms with Crippen LogP contribution in [0.1, 0.15) is 20.3 Å². The molecule has 4 unspecified atom stereocenters. The second-order valence-corrected chi connectivity index (χ2v) is 6.05. The lowest BCUT2D eigenvalue weighted by atomic mass is 9.82. The summed E-state index contributed by atoms with van der Waals surface area (Å²) >= 11 is 0. The Hall–Kier alpha value is -1.83. The lowest BCUT2D eigenvalue weighted by Gasteiger charge is -2.25. The Bertz CT molecular complexity index is 476. The Balaban J connectivity index is 2.05. The number of aliphatic carboxylic acids is 1. The first kappa shape index (κ1) is 13.6. The monoisotopic (exact) mass is 262 g/mol. The van der Waals surface area contributed by atoms with Gasteiger partial charge in [0.2, 0.25) is 5.91 Å². The second-order valence-electron chi connectivity index (χ2n) is 6.05. The summed E-state index contributed by atoms with van der Waals surface area (Å²) in [4.78, 5) is 23.5. The number of nitriles is 1. The van der Waals surface area contributed by atoms with Crippen molar-refractivity contribution in [1.82, 2.24) is 5.32 Å². The van der Waals surface area contributed by atoms with Gasteiger partial charge in [0.05, 0.1) is 23.3 Å². The zero-order valence-electron chi connectivity index (χ0n) is 11.1. The maximum absolute atomic E-state index is 12.2. The molecule has 4 atom stereocenters. The summed E-state index contributed by atoms with van der Waals surface area (Å²) in [6.07, 6.45) is 4.60. The molecule has 1 amide bonds. The molecule has 2 aliphatic carbocycles. The molecule has 2 aliphatic rings. The molecular formula is C14H18N2O3. The zero-order valence-corrected chi connectivity index (χ0v) is 11.1. The highest BCUT2D eigenvalue weighted by Crippen LogP contribution is 2.48. The van der Waals surface area contributed by atoms with E-state index in [1.165, 1.54) is 0 Å². The highest BCUT2D eigenvalue weighted by Gasteiger charge is 2.51. The Labute approximate surface area is 112 Å². The normalized spacial score (nSPS) is 32.1. The van der Waals surface area contributed by atoms with E-state index in [9.17, 15) is 14.7 Å². The van der Waals surface area contributed by atoms with Crippen molar-refractivity contribution in [2.45, 2.75) is 20.3 Å². The van der Waals surface area contributed by atoms with Crippen LogP contribution in [0.2, 0.25) is 0 Å². The lowest BCUT2D eigenvalue weighted by molar-refractivity contribution is -0.147. The molecule has 5 heteroatoms. The van der Waals surface area contributed by atoms with E-state index in [-0.39, 0.29) is 24.3 Å². The average molecular weight is 262 g/mol. The van der Waals surface area contributed by atoms with Crippen LogP contribution >= 0.6 is 0 Å². The van der Waals surface area contributed by atoms with Crippen LogP contribution in [0.15, 0.2) is 12.2 Å². The van der Waals surface area contributed by atoms with E-state index in [4.69, 9.17) is 5.26 Å². The molecule has 1 fully saturated rings. The Morgan fingerprint density at radius 3 is 2.47 bits per heavy atom. The van der Waals surface area contributed by atoms with E-state index in [1.807, 2.05) is 12.2 Å². The van der Waals surface area contributed by atoms with Gasteiger partial charge in [0.15, 0.2) is 0 Å². The summed E-state index contributed by atoms with van der Waals surface area (Å²) in [7, 11) is 0. The third-order valence-corrected chi connectivity index (χ3v) is 4.05. The zero-order chi connectivity index (χ0) is 14.2. The third kappa shape index (κ3) is 2.48. The summed E-state index contributed by atoms with van der Waals surface area (Å²) in [5.41, 5.74) is -0.637. The minimum atomic E-state index is -0.906. The van der Waals surface area contributed by atoms with Gasteiger partial charge in [-0.05, 0) is 32.1 Å². The van der Waals surface area contributed by atoms with E-state index in [0.717, 1.165) is 6.42 Å². The van der Waals surface area contributed by atoms with Gasteiger partial charge in [-0.3, -0.25) is 9.59 Å². The molecule has 0 aromatic heterocycles. The summed E-state index contributed by atoms with van der Waals surface area (Å²) in [5, 5.41) is 20.9. The Morgan fingerprint density at radius 1 is 1.37 bits per heavy atom. The van der Waals surface area contributed by atoms with E-state index < -0.39 is 23.2 Å². The summed E-state index contributed by atoms with van der Waals surface area (Å²) < 4.78 is 0. The molecule has 19 heavy (non-hydrogen) atoms. The predicted molar refractivity (Wildman–Crippen MR) is 67.8 cm³/mol. The van der Waals surface area contributed by atoms with Crippen LogP contribution in [0.3, 0.4) is 0 Å². The number of hydrogen-bond acceptors (Lipinski definition) is 3. The number of rotatable bonds is 4. The number of carbonyl (C=O) groups is 2. The molecule has 5 nitrogen and oxygen atoms in total. The average Bonchev–Trinajstić information content (AvgIpc) is 2.95. The van der Waals surface area contributed by atoms with Crippen LogP contribution in [0.5, 0.6) is 0 Å². The van der Waals surface area contributed by atoms with E-state index in [0.29, 0.717) is 0 Å². The highest BCUT2D eigenvalue weighted by molar-refractivity contribution is 5.86. The largest absolute Gasteiger partial charge is 0.481 e. The van der Waals surface area contributed by atoms with E-state index in [2.05, 4.69) is 11.4 Å². The Kier molecular flexibility index (Phi) is 3.36. The molecule has 0 aromatic rings. The molecule has 0 aliphatic heterocycles. The fraction of sp³-hybridized carbons (Fsp3) is 0.643. The maximum Gasteiger partial charge on any atom is 0.307 e. The van der Waals surface area contributed by atoms with Crippen LogP contribution in [-0.4, -0.2) is 23.5 Å². The molecule has 0 aromatic carbocycles. The molecule has 2 rings (SSSR count). The van der Waals surface area contributed by atoms with Crippen molar-refractivity contribution >= 4 is 11.9 Å². The number of carboxylic acid groups (broad SMARTS) is 1. The van der Waals surface area contributed by atoms with Crippen molar-refractivity contribution in [2.75, 3.05) is 6.54 Å². The lowest BCUT2D eigenvalue weighted by Crippen LogP contribution is -2.43. The van der Waals surface area contributed by atoms with Gasteiger partial charge in [0, 0.05) is 6.54 Å². The highest BCUT2D eigenvalue weighted by atomic mass is 16.4. The van der Waals surface area contributed by atoms with Crippen LogP contribution in [0, 0.1) is 40.4 Å². The van der Waals surface area contributed by atoms with E-state index in [1.54, 1.807) is 13.8 Å². The van der Waals surface area contributed by atoms with Gasteiger partial charge in [0.1, 0.15) is 0 Å². The maximum atomic E-state index is 12.2. The molecule has 0 spiro atoms. The number of fused-ring (bicyclic) bond motifs is 2. The number of nitrogens with zero attached hydrogens (tertiary/aromatic N) is 1. The fourth-order valence-corrected chi connectivity index (χ4v) is 2.98. The first-order chi connectivity index (χ1) is 8.85. The molecule has 102 valence electrons. The molecule has 2 N–H and O–H groups in total. The van der Waals surface area contributed by atoms with Gasteiger partial charge in [-0.25, -0.2) is 0 Å². The quantitative estimate of drug-likeness (QED) is 0.744. The smallest absolute Gasteiger partial charge is 0.307 e. The number of carboxylic acids is 1. The van der Waals surface area contributed by atoms with Crippen LogP contribution in [-0.2, 0) is 9.59 Å².